The number of rotatable bonds is 3. The molecule has 0 aliphatic rings. The molecular formula is C17H14ClNO2. The number of fused-ring (bicyclic) bond motifs is 1. The molecule has 3 rings (SSSR count). The van der Waals surface area contributed by atoms with Crippen molar-refractivity contribution in [2.24, 2.45) is 0 Å². The molecule has 0 radical (unpaired) electrons. The number of hydrogen-bond donors (Lipinski definition) is 1. The van der Waals surface area contributed by atoms with Gasteiger partial charge in [-0.15, -0.1) is 0 Å². The predicted octanol–water partition coefficient (Wildman–Crippen LogP) is 4.88. The van der Waals surface area contributed by atoms with E-state index in [-0.39, 0.29) is 0 Å². The summed E-state index contributed by atoms with van der Waals surface area (Å²) < 4.78 is 11.3. The average Bonchev–Trinajstić information content (AvgIpc) is 2.52. The monoisotopic (exact) mass is 299 g/mol. The zero-order chi connectivity index (χ0) is 14.8. The van der Waals surface area contributed by atoms with Gasteiger partial charge in [0.05, 0.1) is 7.11 Å². The number of halogens is 1. The summed E-state index contributed by atoms with van der Waals surface area (Å²) in [7, 11) is 1.58. The molecule has 0 bridgehead atoms. The number of hydrogen-bond acceptors (Lipinski definition) is 3. The molecule has 3 aromatic carbocycles. The van der Waals surface area contributed by atoms with Crippen molar-refractivity contribution in [3.05, 3.63) is 59.6 Å². The third-order valence-corrected chi connectivity index (χ3v) is 3.57. The van der Waals surface area contributed by atoms with E-state index in [4.69, 9.17) is 26.8 Å². The van der Waals surface area contributed by atoms with E-state index in [0.29, 0.717) is 22.2 Å². The zero-order valence-electron chi connectivity index (χ0n) is 11.5. The molecule has 3 nitrogen and oxygen atoms in total. The highest BCUT2D eigenvalue weighted by Crippen LogP contribution is 2.38. The first-order valence-electron chi connectivity index (χ1n) is 6.47. The first-order chi connectivity index (χ1) is 10.2. The van der Waals surface area contributed by atoms with Crippen molar-refractivity contribution in [1.29, 1.82) is 0 Å². The largest absolute Gasteiger partial charge is 0.493 e. The van der Waals surface area contributed by atoms with E-state index in [1.54, 1.807) is 25.3 Å². The Bertz CT molecular complexity index is 802. The summed E-state index contributed by atoms with van der Waals surface area (Å²) in [6.45, 7) is 0. The van der Waals surface area contributed by atoms with Crippen molar-refractivity contribution in [2.75, 3.05) is 12.8 Å². The first kappa shape index (κ1) is 13.6. The second kappa shape index (κ2) is 5.54. The van der Waals surface area contributed by atoms with Crippen molar-refractivity contribution in [3.8, 4) is 17.2 Å². The van der Waals surface area contributed by atoms with Gasteiger partial charge in [-0.1, -0.05) is 35.9 Å². The minimum Gasteiger partial charge on any atom is -0.493 e. The van der Waals surface area contributed by atoms with Gasteiger partial charge in [-0.05, 0) is 24.3 Å². The Kier molecular flexibility index (Phi) is 3.59. The maximum absolute atomic E-state index is 6.21. The zero-order valence-corrected chi connectivity index (χ0v) is 12.2. The smallest absolute Gasteiger partial charge is 0.169 e. The number of methoxy groups -OCH3 is 1. The van der Waals surface area contributed by atoms with E-state index in [9.17, 15) is 0 Å². The molecular weight excluding hydrogens is 286 g/mol. The van der Waals surface area contributed by atoms with Gasteiger partial charge in [-0.3, -0.25) is 0 Å². The lowest BCUT2D eigenvalue weighted by Gasteiger charge is -2.13. The van der Waals surface area contributed by atoms with E-state index in [1.165, 1.54) is 0 Å². The maximum Gasteiger partial charge on any atom is 0.169 e. The molecule has 0 aromatic heterocycles. The number of benzene rings is 3. The molecule has 4 heteroatoms. The Morgan fingerprint density at radius 2 is 1.57 bits per heavy atom. The molecule has 0 heterocycles. The fourth-order valence-electron chi connectivity index (χ4n) is 2.21. The summed E-state index contributed by atoms with van der Waals surface area (Å²) in [5, 5.41) is 2.59. The highest BCUT2D eigenvalue weighted by atomic mass is 35.5. The van der Waals surface area contributed by atoms with Crippen LogP contribution in [0.4, 0.5) is 5.69 Å². The molecule has 0 saturated heterocycles. The molecule has 0 amide bonds. The Balaban J connectivity index is 2.09. The van der Waals surface area contributed by atoms with E-state index >= 15 is 0 Å². The molecule has 3 aromatic rings. The molecule has 2 N–H and O–H groups in total. The predicted molar refractivity (Wildman–Crippen MR) is 86.4 cm³/mol. The van der Waals surface area contributed by atoms with Crippen LogP contribution in [-0.2, 0) is 0 Å². The average molecular weight is 300 g/mol. The summed E-state index contributed by atoms with van der Waals surface area (Å²) in [5.74, 6) is 1.92. The van der Waals surface area contributed by atoms with Crippen LogP contribution in [0.25, 0.3) is 10.8 Å². The van der Waals surface area contributed by atoms with Crippen LogP contribution in [0.2, 0.25) is 5.02 Å². The lowest BCUT2D eigenvalue weighted by molar-refractivity contribution is 0.380. The van der Waals surface area contributed by atoms with Gasteiger partial charge in [0.1, 0.15) is 5.75 Å². The summed E-state index contributed by atoms with van der Waals surface area (Å²) in [4.78, 5) is 0. The second-order valence-electron chi connectivity index (χ2n) is 4.60. The van der Waals surface area contributed by atoms with Crippen molar-refractivity contribution >= 4 is 28.1 Å². The van der Waals surface area contributed by atoms with Crippen LogP contribution in [-0.4, -0.2) is 7.11 Å². The molecule has 106 valence electrons. The van der Waals surface area contributed by atoms with E-state index in [2.05, 4.69) is 0 Å². The summed E-state index contributed by atoms with van der Waals surface area (Å²) in [5.41, 5.74) is 6.38. The quantitative estimate of drug-likeness (QED) is 0.701. The number of ether oxygens (including phenoxy) is 2. The van der Waals surface area contributed by atoms with Crippen LogP contribution < -0.4 is 15.2 Å². The second-order valence-corrected chi connectivity index (χ2v) is 5.01. The Morgan fingerprint density at radius 3 is 2.33 bits per heavy atom. The molecule has 0 saturated carbocycles. The number of nitrogens with two attached hydrogens (primary N) is 1. The van der Waals surface area contributed by atoms with Gasteiger partial charge in [-0.2, -0.15) is 0 Å². The topological polar surface area (TPSA) is 44.5 Å². The Morgan fingerprint density at radius 1 is 0.857 bits per heavy atom. The number of anilines is 1. The molecule has 0 aliphatic heterocycles. The van der Waals surface area contributed by atoms with Crippen molar-refractivity contribution in [3.63, 3.8) is 0 Å². The molecule has 21 heavy (non-hydrogen) atoms. The van der Waals surface area contributed by atoms with E-state index < -0.39 is 0 Å². The normalized spacial score (nSPS) is 10.6. The minimum absolute atomic E-state index is 0.592. The Hall–Kier alpha value is -2.39. The minimum atomic E-state index is 0.592. The van der Waals surface area contributed by atoms with Crippen LogP contribution >= 0.6 is 11.6 Å². The third-order valence-electron chi connectivity index (χ3n) is 3.24. The lowest BCUT2D eigenvalue weighted by Crippen LogP contribution is -1.93. The highest BCUT2D eigenvalue weighted by Gasteiger charge is 2.10. The van der Waals surface area contributed by atoms with E-state index in [0.717, 1.165) is 16.5 Å². The SMILES string of the molecule is COc1cc(N)ccc1Oc1ccc(Cl)c2ccccc12. The van der Waals surface area contributed by atoms with Gasteiger partial charge < -0.3 is 15.2 Å². The molecule has 0 atom stereocenters. The van der Waals surface area contributed by atoms with Crippen molar-refractivity contribution in [2.45, 2.75) is 0 Å². The van der Waals surface area contributed by atoms with Gasteiger partial charge in [0.2, 0.25) is 0 Å². The summed E-state index contributed by atoms with van der Waals surface area (Å²) in [6.07, 6.45) is 0. The van der Waals surface area contributed by atoms with Crippen molar-refractivity contribution < 1.29 is 9.47 Å². The fraction of sp³-hybridized carbons (Fsp3) is 0.0588. The van der Waals surface area contributed by atoms with Crippen LogP contribution in [0.1, 0.15) is 0 Å². The van der Waals surface area contributed by atoms with Gasteiger partial charge in [0.15, 0.2) is 11.5 Å². The molecule has 0 aliphatic carbocycles. The lowest BCUT2D eigenvalue weighted by atomic mass is 10.1. The first-order valence-corrected chi connectivity index (χ1v) is 6.85. The van der Waals surface area contributed by atoms with Crippen molar-refractivity contribution in [1.82, 2.24) is 0 Å². The third kappa shape index (κ3) is 2.60. The van der Waals surface area contributed by atoms with E-state index in [1.807, 2.05) is 36.4 Å². The molecule has 0 unspecified atom stereocenters. The standard InChI is InChI=1S/C17H14ClNO2/c1-20-17-10-11(19)6-8-16(17)21-15-9-7-14(18)12-4-2-3-5-13(12)15/h2-10H,19H2,1H3. The number of nitrogen functional groups attached to an aromatic ring is 1. The maximum atomic E-state index is 6.21. The van der Waals surface area contributed by atoms with Crippen LogP contribution in [0.15, 0.2) is 54.6 Å². The van der Waals surface area contributed by atoms with Gasteiger partial charge in [0.25, 0.3) is 0 Å². The van der Waals surface area contributed by atoms with Gasteiger partial charge in [0, 0.05) is 27.5 Å². The molecule has 0 fully saturated rings. The van der Waals surface area contributed by atoms with Crippen LogP contribution in [0.3, 0.4) is 0 Å². The Labute approximate surface area is 127 Å². The van der Waals surface area contributed by atoms with Gasteiger partial charge >= 0.3 is 0 Å². The van der Waals surface area contributed by atoms with Crippen LogP contribution in [0.5, 0.6) is 17.2 Å². The summed E-state index contributed by atoms with van der Waals surface area (Å²) >= 11 is 6.21. The highest BCUT2D eigenvalue weighted by molar-refractivity contribution is 6.35. The fourth-order valence-corrected chi connectivity index (χ4v) is 2.44. The molecule has 0 spiro atoms. The van der Waals surface area contributed by atoms with Gasteiger partial charge in [-0.25, -0.2) is 0 Å². The summed E-state index contributed by atoms with van der Waals surface area (Å²) in [6, 6.07) is 16.8. The van der Waals surface area contributed by atoms with Crippen LogP contribution in [0, 0.1) is 0 Å².